The van der Waals surface area contributed by atoms with Crippen LogP contribution in [-0.2, 0) is 6.54 Å². The molecule has 0 bridgehead atoms. The summed E-state index contributed by atoms with van der Waals surface area (Å²) in [6.45, 7) is -1.22. The van der Waals surface area contributed by atoms with Gasteiger partial charge in [0.15, 0.2) is 0 Å². The molecule has 5 nitrogen and oxygen atoms in total. The Morgan fingerprint density at radius 2 is 2.10 bits per heavy atom. The summed E-state index contributed by atoms with van der Waals surface area (Å²) in [6.07, 6.45) is -2.03. The minimum absolute atomic E-state index is 0.234. The highest BCUT2D eigenvalue weighted by atomic mass is 35.5. The number of H-pyrrole nitrogens is 1. The second-order valence-electron chi connectivity index (χ2n) is 4.44. The third kappa shape index (κ3) is 2.66. The largest absolute Gasteiger partial charge is 0.408 e. The highest BCUT2D eigenvalue weighted by Gasteiger charge is 2.28. The number of benzene rings is 1. The molecule has 9 heteroatoms. The molecule has 1 N–H and O–H groups in total. The Hall–Kier alpha value is -2.22. The van der Waals surface area contributed by atoms with E-state index in [4.69, 9.17) is 11.6 Å². The van der Waals surface area contributed by atoms with Gasteiger partial charge in [0.2, 0.25) is 0 Å². The first-order valence-corrected chi connectivity index (χ1v) is 6.21. The molecule has 21 heavy (non-hydrogen) atoms. The molecule has 0 spiro atoms. The second kappa shape index (κ2) is 4.66. The Kier molecular flexibility index (Phi) is 3.05. The maximum absolute atomic E-state index is 12.3. The maximum Gasteiger partial charge on any atom is 0.408 e. The summed E-state index contributed by atoms with van der Waals surface area (Å²) in [5.74, 6) is 0. The van der Waals surface area contributed by atoms with Crippen LogP contribution in [0.25, 0.3) is 16.7 Å². The number of nitrogens with zero attached hydrogens (tertiary/aromatic N) is 3. The number of imidazole rings is 1. The van der Waals surface area contributed by atoms with Gasteiger partial charge in [0.25, 0.3) is 0 Å². The van der Waals surface area contributed by atoms with E-state index in [1.54, 1.807) is 18.2 Å². The minimum Gasteiger partial charge on any atom is -0.305 e. The van der Waals surface area contributed by atoms with Gasteiger partial charge < -0.3 is 4.98 Å². The van der Waals surface area contributed by atoms with Crippen molar-refractivity contribution in [2.45, 2.75) is 12.7 Å². The van der Waals surface area contributed by atoms with Crippen LogP contribution < -0.4 is 5.69 Å². The zero-order chi connectivity index (χ0) is 15.2. The summed E-state index contributed by atoms with van der Waals surface area (Å²) in [6, 6.07) is 4.78. The minimum atomic E-state index is -4.38. The van der Waals surface area contributed by atoms with Crippen LogP contribution in [0, 0.1) is 0 Å². The van der Waals surface area contributed by atoms with Gasteiger partial charge in [0, 0.05) is 11.2 Å². The van der Waals surface area contributed by atoms with E-state index in [9.17, 15) is 18.0 Å². The number of halogens is 4. The lowest BCUT2D eigenvalue weighted by atomic mass is 10.3. The molecule has 0 fully saturated rings. The smallest absolute Gasteiger partial charge is 0.305 e. The molecule has 0 amide bonds. The van der Waals surface area contributed by atoms with Crippen molar-refractivity contribution in [3.05, 3.63) is 46.1 Å². The van der Waals surface area contributed by atoms with Crippen LogP contribution in [-0.4, -0.2) is 25.5 Å². The first-order chi connectivity index (χ1) is 9.83. The Labute approximate surface area is 120 Å². The van der Waals surface area contributed by atoms with Crippen molar-refractivity contribution in [3.8, 4) is 5.69 Å². The second-order valence-corrected chi connectivity index (χ2v) is 4.87. The predicted molar refractivity (Wildman–Crippen MR) is 70.7 cm³/mol. The molecule has 0 aliphatic carbocycles. The summed E-state index contributed by atoms with van der Waals surface area (Å²) < 4.78 is 38.9. The number of hydrogen-bond donors (Lipinski definition) is 1. The molecule has 2 heterocycles. The fraction of sp³-hybridized carbons (Fsp3) is 0.167. The Morgan fingerprint density at radius 1 is 1.33 bits per heavy atom. The van der Waals surface area contributed by atoms with E-state index in [1.807, 2.05) is 0 Å². The van der Waals surface area contributed by atoms with E-state index in [-0.39, 0.29) is 5.69 Å². The average Bonchev–Trinajstić information content (AvgIpc) is 2.90. The van der Waals surface area contributed by atoms with Crippen LogP contribution in [0.3, 0.4) is 0 Å². The van der Waals surface area contributed by atoms with Gasteiger partial charge in [-0.1, -0.05) is 11.6 Å². The number of nitrogens with one attached hydrogen (secondary N) is 1. The van der Waals surface area contributed by atoms with Gasteiger partial charge >= 0.3 is 11.9 Å². The fourth-order valence-electron chi connectivity index (χ4n) is 2.07. The molecule has 3 rings (SSSR count). The van der Waals surface area contributed by atoms with Crippen LogP contribution in [0.1, 0.15) is 0 Å². The van der Waals surface area contributed by atoms with Crippen LogP contribution >= 0.6 is 11.6 Å². The monoisotopic (exact) mass is 316 g/mol. The Balaban J connectivity index is 2.10. The molecular weight excluding hydrogens is 309 g/mol. The zero-order valence-corrected chi connectivity index (χ0v) is 11.1. The van der Waals surface area contributed by atoms with Gasteiger partial charge in [0.1, 0.15) is 6.54 Å². The van der Waals surface area contributed by atoms with E-state index in [0.717, 1.165) is 10.9 Å². The Morgan fingerprint density at radius 3 is 2.81 bits per heavy atom. The zero-order valence-electron chi connectivity index (χ0n) is 10.4. The number of alkyl halides is 3. The third-order valence-electron chi connectivity index (χ3n) is 2.86. The molecule has 0 aliphatic heterocycles. The number of rotatable bonds is 2. The number of aromatic nitrogens is 4. The highest BCUT2D eigenvalue weighted by Crippen LogP contribution is 2.21. The summed E-state index contributed by atoms with van der Waals surface area (Å²) >= 11 is 5.88. The summed E-state index contributed by atoms with van der Waals surface area (Å²) in [5.41, 5.74) is 0.767. The Bertz CT molecular complexity index is 861. The lowest BCUT2D eigenvalue weighted by molar-refractivity contribution is -0.142. The molecule has 0 atom stereocenters. The van der Waals surface area contributed by atoms with Gasteiger partial charge in [-0.3, -0.25) is 9.25 Å². The summed E-state index contributed by atoms with van der Waals surface area (Å²) in [5, 5.41) is 4.03. The summed E-state index contributed by atoms with van der Waals surface area (Å²) in [4.78, 5) is 14.5. The van der Waals surface area contributed by atoms with Gasteiger partial charge in [-0.15, -0.1) is 0 Å². The predicted octanol–water partition coefficient (Wildman–Crippen LogP) is 2.73. The van der Waals surface area contributed by atoms with E-state index in [1.165, 1.54) is 10.8 Å². The maximum atomic E-state index is 12.3. The van der Waals surface area contributed by atoms with Gasteiger partial charge in [0.05, 0.1) is 22.9 Å². The number of hydrogen-bond acceptors (Lipinski definition) is 2. The standard InChI is InChI=1S/C12H8ClF3N4O/c13-7-1-2-9-10(3-7)20(11(21)18-9)8-4-17-19(5-8)6-12(14,15)16/h1-5H,6H2,(H,18,21). The molecule has 0 radical (unpaired) electrons. The molecule has 0 saturated carbocycles. The van der Waals surface area contributed by atoms with Crippen molar-refractivity contribution in [1.29, 1.82) is 0 Å². The van der Waals surface area contributed by atoms with Gasteiger partial charge in [-0.2, -0.15) is 18.3 Å². The van der Waals surface area contributed by atoms with E-state index >= 15 is 0 Å². The SMILES string of the molecule is O=c1[nH]c2ccc(Cl)cc2n1-c1cnn(CC(F)(F)F)c1. The van der Waals surface area contributed by atoms with Gasteiger partial charge in [-0.05, 0) is 18.2 Å². The molecule has 1 aromatic carbocycles. The third-order valence-corrected chi connectivity index (χ3v) is 3.10. The van der Waals surface area contributed by atoms with Crippen molar-refractivity contribution in [2.75, 3.05) is 0 Å². The molecule has 2 aromatic heterocycles. The van der Waals surface area contributed by atoms with Crippen LogP contribution in [0.5, 0.6) is 0 Å². The van der Waals surface area contributed by atoms with Crippen molar-refractivity contribution in [1.82, 2.24) is 19.3 Å². The van der Waals surface area contributed by atoms with E-state index in [0.29, 0.717) is 16.1 Å². The van der Waals surface area contributed by atoms with Crippen molar-refractivity contribution < 1.29 is 13.2 Å². The van der Waals surface area contributed by atoms with E-state index in [2.05, 4.69) is 10.1 Å². The first kappa shape index (κ1) is 13.7. The van der Waals surface area contributed by atoms with Crippen LogP contribution in [0.4, 0.5) is 13.2 Å². The van der Waals surface area contributed by atoms with Crippen LogP contribution in [0.15, 0.2) is 35.4 Å². The quantitative estimate of drug-likeness (QED) is 0.790. The highest BCUT2D eigenvalue weighted by molar-refractivity contribution is 6.31. The lowest BCUT2D eigenvalue weighted by Crippen LogP contribution is -2.18. The normalized spacial score (nSPS) is 12.2. The number of fused-ring (bicyclic) bond motifs is 1. The molecule has 0 aliphatic rings. The van der Waals surface area contributed by atoms with Crippen molar-refractivity contribution in [3.63, 3.8) is 0 Å². The van der Waals surface area contributed by atoms with Gasteiger partial charge in [-0.25, -0.2) is 4.79 Å². The van der Waals surface area contributed by atoms with Crippen LogP contribution in [0.2, 0.25) is 5.02 Å². The topological polar surface area (TPSA) is 55.6 Å². The molecule has 0 unspecified atom stereocenters. The van der Waals surface area contributed by atoms with Crippen molar-refractivity contribution in [2.24, 2.45) is 0 Å². The summed E-state index contributed by atoms with van der Waals surface area (Å²) in [7, 11) is 0. The first-order valence-electron chi connectivity index (χ1n) is 5.83. The molecule has 110 valence electrons. The molecule has 3 aromatic rings. The lowest BCUT2D eigenvalue weighted by Gasteiger charge is -2.05. The molecular formula is C12H8ClF3N4O. The fourth-order valence-corrected chi connectivity index (χ4v) is 2.24. The number of aromatic amines is 1. The van der Waals surface area contributed by atoms with E-state index < -0.39 is 18.4 Å². The van der Waals surface area contributed by atoms with Crippen molar-refractivity contribution >= 4 is 22.6 Å². The average molecular weight is 317 g/mol. The molecule has 0 saturated heterocycles.